The van der Waals surface area contributed by atoms with Crippen LogP contribution in [0.2, 0.25) is 0 Å². The molecule has 0 aliphatic rings. The fraction of sp³-hybridized carbons (Fsp3) is 0.855. The lowest BCUT2D eigenvalue weighted by Gasteiger charge is -2.22. The molecule has 1 amide bonds. The van der Waals surface area contributed by atoms with Gasteiger partial charge in [-0.25, -0.2) is 0 Å². The van der Waals surface area contributed by atoms with Gasteiger partial charge in [-0.2, -0.15) is 0 Å². The third-order valence-corrected chi connectivity index (χ3v) is 12.2. The van der Waals surface area contributed by atoms with Crippen LogP contribution in [0, 0.1) is 0 Å². The van der Waals surface area contributed by atoms with Crippen LogP contribution in [0.5, 0.6) is 0 Å². The third-order valence-electron chi connectivity index (χ3n) is 12.2. The van der Waals surface area contributed by atoms with Crippen molar-refractivity contribution in [3.8, 4) is 0 Å². The van der Waals surface area contributed by atoms with Gasteiger partial charge in [0.25, 0.3) is 0 Å². The number of nitrogens with one attached hydrogen (secondary N) is 1. The largest absolute Gasteiger partial charge is 0.466 e. The van der Waals surface area contributed by atoms with Crippen LogP contribution in [0.15, 0.2) is 36.5 Å². The molecule has 0 saturated heterocycles. The number of ether oxygens (including phenoxy) is 1. The number of aliphatic hydroxyl groups is 2. The zero-order valence-corrected chi connectivity index (χ0v) is 40.6. The van der Waals surface area contributed by atoms with Gasteiger partial charge in [-0.05, 0) is 77.0 Å². The lowest BCUT2D eigenvalue weighted by atomic mass is 10.0. The monoisotopic (exact) mass is 858 g/mol. The highest BCUT2D eigenvalue weighted by Gasteiger charge is 2.20. The van der Waals surface area contributed by atoms with Crippen molar-refractivity contribution in [3.63, 3.8) is 0 Å². The molecule has 2 atom stereocenters. The topological polar surface area (TPSA) is 95.9 Å². The van der Waals surface area contributed by atoms with E-state index in [9.17, 15) is 19.8 Å². The van der Waals surface area contributed by atoms with E-state index >= 15 is 0 Å². The van der Waals surface area contributed by atoms with Gasteiger partial charge in [0.15, 0.2) is 0 Å². The zero-order valence-electron chi connectivity index (χ0n) is 40.6. The summed E-state index contributed by atoms with van der Waals surface area (Å²) in [5.41, 5.74) is 0. The summed E-state index contributed by atoms with van der Waals surface area (Å²) >= 11 is 0. The first kappa shape index (κ1) is 59.1. The first-order valence-corrected chi connectivity index (χ1v) is 26.7. The standard InChI is InChI=1S/C55H103NO5/c1-3-5-7-9-11-13-15-17-25-29-33-37-41-45-49-55(60)61-50-46-42-38-34-30-26-22-20-18-19-21-24-28-32-36-40-44-48-54(59)56-52(51-57)53(58)47-43-39-35-31-27-23-16-14-12-10-8-6-4-2/h9,11,15,17-18,20,52-53,57-58H,3-8,10,12-14,16,19,21-51H2,1-2H3,(H,56,59)/b11-9-,17-15-,20-18-. The minimum atomic E-state index is -0.672. The molecule has 61 heavy (non-hydrogen) atoms. The van der Waals surface area contributed by atoms with Crippen molar-refractivity contribution in [3.05, 3.63) is 36.5 Å². The zero-order chi connectivity index (χ0) is 44.4. The number of carbonyl (C=O) groups excluding carboxylic acids is 2. The van der Waals surface area contributed by atoms with Gasteiger partial charge in [0.2, 0.25) is 5.91 Å². The van der Waals surface area contributed by atoms with E-state index in [2.05, 4.69) is 55.6 Å². The van der Waals surface area contributed by atoms with Crippen LogP contribution in [-0.4, -0.2) is 47.4 Å². The number of amides is 1. The van der Waals surface area contributed by atoms with E-state index in [0.717, 1.165) is 64.2 Å². The summed E-state index contributed by atoms with van der Waals surface area (Å²) in [6.45, 7) is 4.88. The molecule has 358 valence electrons. The normalized spacial score (nSPS) is 12.9. The van der Waals surface area contributed by atoms with Gasteiger partial charge in [-0.1, -0.05) is 224 Å². The summed E-state index contributed by atoms with van der Waals surface area (Å²) < 4.78 is 5.45. The highest BCUT2D eigenvalue weighted by Crippen LogP contribution is 2.16. The van der Waals surface area contributed by atoms with E-state index < -0.39 is 12.1 Å². The SMILES string of the molecule is CCCC/C=C\C/C=C\CCCCCCCC(=O)OCCCCCCCC/C=C\CCCCCCCCCC(=O)NC(CO)C(O)CCCCCCCCCCCCCCC. The number of esters is 1. The molecular formula is C55H103NO5. The smallest absolute Gasteiger partial charge is 0.305 e. The van der Waals surface area contributed by atoms with Crippen molar-refractivity contribution in [2.45, 2.75) is 289 Å². The van der Waals surface area contributed by atoms with Gasteiger partial charge < -0.3 is 20.3 Å². The second-order valence-electron chi connectivity index (χ2n) is 18.2. The van der Waals surface area contributed by atoms with Gasteiger partial charge in [-0.15, -0.1) is 0 Å². The Hall–Kier alpha value is -1.92. The minimum Gasteiger partial charge on any atom is -0.466 e. The average molecular weight is 858 g/mol. The number of allylic oxidation sites excluding steroid dienone is 6. The Balaban J connectivity index is 3.47. The van der Waals surface area contributed by atoms with Crippen molar-refractivity contribution in [1.29, 1.82) is 0 Å². The maximum absolute atomic E-state index is 12.4. The molecule has 0 aromatic carbocycles. The van der Waals surface area contributed by atoms with E-state index in [1.807, 2.05) is 0 Å². The van der Waals surface area contributed by atoms with E-state index in [1.165, 1.54) is 180 Å². The van der Waals surface area contributed by atoms with Gasteiger partial charge >= 0.3 is 5.97 Å². The van der Waals surface area contributed by atoms with E-state index in [0.29, 0.717) is 25.9 Å². The van der Waals surface area contributed by atoms with Crippen molar-refractivity contribution in [2.24, 2.45) is 0 Å². The second-order valence-corrected chi connectivity index (χ2v) is 18.2. The molecule has 0 bridgehead atoms. The molecule has 0 aliphatic heterocycles. The molecule has 3 N–H and O–H groups in total. The van der Waals surface area contributed by atoms with Crippen LogP contribution in [0.3, 0.4) is 0 Å². The second kappa shape index (κ2) is 50.7. The van der Waals surface area contributed by atoms with Crippen LogP contribution in [0.1, 0.15) is 277 Å². The van der Waals surface area contributed by atoms with E-state index in [1.54, 1.807) is 0 Å². The summed E-state index contributed by atoms with van der Waals surface area (Å²) in [6.07, 6.45) is 61.1. The van der Waals surface area contributed by atoms with Gasteiger partial charge in [-0.3, -0.25) is 9.59 Å². The predicted molar refractivity (Wildman–Crippen MR) is 264 cm³/mol. The summed E-state index contributed by atoms with van der Waals surface area (Å²) in [6, 6.07) is -0.550. The molecule has 2 unspecified atom stereocenters. The lowest BCUT2D eigenvalue weighted by Crippen LogP contribution is -2.45. The summed E-state index contributed by atoms with van der Waals surface area (Å²) in [5.74, 6) is -0.0650. The predicted octanol–water partition coefficient (Wildman–Crippen LogP) is 16.1. The number of carbonyl (C=O) groups is 2. The molecule has 0 aromatic heterocycles. The number of aliphatic hydroxyl groups excluding tert-OH is 2. The first-order valence-electron chi connectivity index (χ1n) is 26.7. The van der Waals surface area contributed by atoms with Crippen LogP contribution >= 0.6 is 0 Å². The molecular weight excluding hydrogens is 755 g/mol. The number of hydrogen-bond donors (Lipinski definition) is 3. The number of rotatable bonds is 49. The van der Waals surface area contributed by atoms with E-state index in [-0.39, 0.29) is 18.5 Å². The van der Waals surface area contributed by atoms with Crippen molar-refractivity contribution >= 4 is 11.9 Å². The molecule has 0 radical (unpaired) electrons. The molecule has 0 heterocycles. The number of hydrogen-bond acceptors (Lipinski definition) is 5. The average Bonchev–Trinajstić information content (AvgIpc) is 3.26. The fourth-order valence-corrected chi connectivity index (χ4v) is 8.00. The molecule has 0 aromatic rings. The summed E-state index contributed by atoms with van der Waals surface area (Å²) in [7, 11) is 0. The maximum Gasteiger partial charge on any atom is 0.305 e. The van der Waals surface area contributed by atoms with E-state index in [4.69, 9.17) is 4.74 Å². The fourth-order valence-electron chi connectivity index (χ4n) is 8.00. The Morgan fingerprint density at radius 1 is 0.459 bits per heavy atom. The van der Waals surface area contributed by atoms with Crippen LogP contribution in [-0.2, 0) is 14.3 Å². The molecule has 6 heteroatoms. The lowest BCUT2D eigenvalue weighted by molar-refractivity contribution is -0.143. The van der Waals surface area contributed by atoms with Gasteiger partial charge in [0.1, 0.15) is 0 Å². The van der Waals surface area contributed by atoms with Gasteiger partial charge in [0, 0.05) is 12.8 Å². The Bertz CT molecular complexity index is 993. The maximum atomic E-state index is 12.4. The first-order chi connectivity index (χ1) is 30.0. The quantitative estimate of drug-likeness (QED) is 0.0322. The molecule has 0 saturated carbocycles. The van der Waals surface area contributed by atoms with Crippen LogP contribution in [0.25, 0.3) is 0 Å². The Kier molecular flexibility index (Phi) is 49.1. The van der Waals surface area contributed by atoms with Crippen LogP contribution in [0.4, 0.5) is 0 Å². The Morgan fingerprint density at radius 2 is 0.836 bits per heavy atom. The van der Waals surface area contributed by atoms with Crippen molar-refractivity contribution < 1.29 is 24.5 Å². The highest BCUT2D eigenvalue weighted by atomic mass is 16.5. The molecule has 6 nitrogen and oxygen atoms in total. The molecule has 0 rings (SSSR count). The molecule has 0 aliphatic carbocycles. The summed E-state index contributed by atoms with van der Waals surface area (Å²) in [5, 5.41) is 23.2. The molecule has 0 fully saturated rings. The Labute approximate surface area is 379 Å². The Morgan fingerprint density at radius 3 is 1.31 bits per heavy atom. The van der Waals surface area contributed by atoms with Gasteiger partial charge in [0.05, 0.1) is 25.4 Å². The van der Waals surface area contributed by atoms with Crippen LogP contribution < -0.4 is 5.32 Å². The summed E-state index contributed by atoms with van der Waals surface area (Å²) in [4.78, 5) is 24.4. The number of unbranched alkanes of at least 4 members (excludes halogenated alkanes) is 32. The molecule has 0 spiro atoms. The van der Waals surface area contributed by atoms with Crippen molar-refractivity contribution in [2.75, 3.05) is 13.2 Å². The third kappa shape index (κ3) is 47.4. The highest BCUT2D eigenvalue weighted by molar-refractivity contribution is 5.76. The minimum absolute atomic E-state index is 0.0169. The van der Waals surface area contributed by atoms with Crippen molar-refractivity contribution in [1.82, 2.24) is 5.32 Å².